The molecule has 106 valence electrons. The van der Waals surface area contributed by atoms with Crippen molar-refractivity contribution >= 4 is 0 Å². The fourth-order valence-corrected chi connectivity index (χ4v) is 4.04. The standard InChI is InChI=1S/C16H32N2/c1-3-4-15-5-9-16(13-17,10-6-15)18-11-7-14(2)8-12-18/h14-15H,3-13,17H2,1-2H3. The molecule has 2 N–H and O–H groups in total. The molecular formula is C16H32N2. The molecule has 0 aromatic carbocycles. The molecule has 0 bridgehead atoms. The summed E-state index contributed by atoms with van der Waals surface area (Å²) in [5.74, 6) is 1.91. The van der Waals surface area contributed by atoms with Gasteiger partial charge in [-0.2, -0.15) is 0 Å². The summed E-state index contributed by atoms with van der Waals surface area (Å²) in [5.41, 5.74) is 6.55. The van der Waals surface area contributed by atoms with E-state index in [1.165, 1.54) is 64.5 Å². The first-order valence-corrected chi connectivity index (χ1v) is 8.15. The largest absolute Gasteiger partial charge is 0.329 e. The summed E-state index contributed by atoms with van der Waals surface area (Å²) in [6, 6.07) is 0. The van der Waals surface area contributed by atoms with Crippen molar-refractivity contribution in [2.24, 2.45) is 17.6 Å². The Morgan fingerprint density at radius 2 is 1.72 bits per heavy atom. The van der Waals surface area contributed by atoms with Crippen LogP contribution in [0.1, 0.15) is 65.2 Å². The second-order valence-corrected chi connectivity index (χ2v) is 6.83. The van der Waals surface area contributed by atoms with E-state index in [0.29, 0.717) is 5.54 Å². The van der Waals surface area contributed by atoms with E-state index >= 15 is 0 Å². The Morgan fingerprint density at radius 1 is 1.11 bits per heavy atom. The quantitative estimate of drug-likeness (QED) is 0.831. The van der Waals surface area contributed by atoms with Crippen LogP contribution in [0, 0.1) is 11.8 Å². The molecule has 0 radical (unpaired) electrons. The van der Waals surface area contributed by atoms with Crippen molar-refractivity contribution in [1.82, 2.24) is 4.90 Å². The van der Waals surface area contributed by atoms with Crippen molar-refractivity contribution in [3.05, 3.63) is 0 Å². The van der Waals surface area contributed by atoms with Gasteiger partial charge >= 0.3 is 0 Å². The van der Waals surface area contributed by atoms with Crippen LogP contribution in [0.15, 0.2) is 0 Å². The molecular weight excluding hydrogens is 220 g/mol. The van der Waals surface area contributed by atoms with Gasteiger partial charge in [0.15, 0.2) is 0 Å². The van der Waals surface area contributed by atoms with Crippen molar-refractivity contribution in [3.8, 4) is 0 Å². The molecule has 0 aromatic heterocycles. The Labute approximate surface area is 113 Å². The third kappa shape index (κ3) is 3.08. The Hall–Kier alpha value is -0.0800. The molecule has 2 heteroatoms. The van der Waals surface area contributed by atoms with Crippen molar-refractivity contribution in [3.63, 3.8) is 0 Å². The van der Waals surface area contributed by atoms with Gasteiger partial charge in [0.25, 0.3) is 0 Å². The smallest absolute Gasteiger partial charge is 0.0331 e. The predicted molar refractivity (Wildman–Crippen MR) is 78.6 cm³/mol. The zero-order valence-electron chi connectivity index (χ0n) is 12.5. The van der Waals surface area contributed by atoms with E-state index in [-0.39, 0.29) is 0 Å². The highest BCUT2D eigenvalue weighted by atomic mass is 15.2. The summed E-state index contributed by atoms with van der Waals surface area (Å²) < 4.78 is 0. The Balaban J connectivity index is 1.91. The summed E-state index contributed by atoms with van der Waals surface area (Å²) in [6.07, 6.45) is 11.1. The topological polar surface area (TPSA) is 29.3 Å². The number of nitrogens with zero attached hydrogens (tertiary/aromatic N) is 1. The number of rotatable bonds is 4. The fraction of sp³-hybridized carbons (Fsp3) is 1.00. The van der Waals surface area contributed by atoms with Gasteiger partial charge < -0.3 is 5.73 Å². The molecule has 2 nitrogen and oxygen atoms in total. The number of likely N-dealkylation sites (tertiary alicyclic amines) is 1. The molecule has 0 amide bonds. The Kier molecular flexibility index (Phi) is 5.08. The molecule has 1 saturated carbocycles. The minimum Gasteiger partial charge on any atom is -0.329 e. The van der Waals surface area contributed by atoms with Gasteiger partial charge in [-0.15, -0.1) is 0 Å². The average molecular weight is 252 g/mol. The first kappa shape index (κ1) is 14.3. The minimum atomic E-state index is 0.365. The van der Waals surface area contributed by atoms with E-state index in [2.05, 4.69) is 18.7 Å². The number of nitrogens with two attached hydrogens (primary N) is 1. The van der Waals surface area contributed by atoms with Gasteiger partial charge in [-0.1, -0.05) is 26.7 Å². The summed E-state index contributed by atoms with van der Waals surface area (Å²) in [4.78, 5) is 2.75. The molecule has 1 saturated heterocycles. The maximum absolute atomic E-state index is 6.18. The summed E-state index contributed by atoms with van der Waals surface area (Å²) in [7, 11) is 0. The van der Waals surface area contributed by atoms with Crippen LogP contribution in [0.3, 0.4) is 0 Å². The van der Waals surface area contributed by atoms with Crippen LogP contribution in [0.4, 0.5) is 0 Å². The van der Waals surface area contributed by atoms with Gasteiger partial charge in [-0.05, 0) is 63.5 Å². The zero-order valence-corrected chi connectivity index (χ0v) is 12.5. The monoisotopic (exact) mass is 252 g/mol. The Bertz CT molecular complexity index is 235. The highest BCUT2D eigenvalue weighted by molar-refractivity contribution is 4.97. The molecule has 18 heavy (non-hydrogen) atoms. The fourth-order valence-electron chi connectivity index (χ4n) is 4.04. The lowest BCUT2D eigenvalue weighted by molar-refractivity contribution is 0.0166. The van der Waals surface area contributed by atoms with E-state index < -0.39 is 0 Å². The van der Waals surface area contributed by atoms with Crippen LogP contribution in [-0.4, -0.2) is 30.1 Å². The molecule has 1 heterocycles. The maximum atomic E-state index is 6.18. The zero-order chi connectivity index (χ0) is 13.0. The van der Waals surface area contributed by atoms with Gasteiger partial charge in [0, 0.05) is 12.1 Å². The molecule has 1 aliphatic heterocycles. The van der Waals surface area contributed by atoms with Gasteiger partial charge in [0.2, 0.25) is 0 Å². The molecule has 0 aromatic rings. The lowest BCUT2D eigenvalue weighted by atomic mass is 9.73. The number of hydrogen-bond acceptors (Lipinski definition) is 2. The molecule has 0 spiro atoms. The summed E-state index contributed by atoms with van der Waals surface area (Å²) >= 11 is 0. The van der Waals surface area contributed by atoms with E-state index in [4.69, 9.17) is 5.73 Å². The maximum Gasteiger partial charge on any atom is 0.0331 e. The first-order valence-electron chi connectivity index (χ1n) is 8.15. The highest BCUT2D eigenvalue weighted by Crippen LogP contribution is 2.39. The van der Waals surface area contributed by atoms with E-state index in [1.807, 2.05) is 0 Å². The lowest BCUT2D eigenvalue weighted by Crippen LogP contribution is -2.57. The number of hydrogen-bond donors (Lipinski definition) is 1. The highest BCUT2D eigenvalue weighted by Gasteiger charge is 2.39. The van der Waals surface area contributed by atoms with E-state index in [9.17, 15) is 0 Å². The van der Waals surface area contributed by atoms with Gasteiger partial charge in [-0.25, -0.2) is 0 Å². The van der Waals surface area contributed by atoms with Crippen LogP contribution in [0.25, 0.3) is 0 Å². The van der Waals surface area contributed by atoms with Crippen LogP contribution in [-0.2, 0) is 0 Å². The average Bonchev–Trinajstić information content (AvgIpc) is 2.41. The summed E-state index contributed by atoms with van der Waals surface area (Å²) in [6.45, 7) is 8.16. The molecule has 1 aliphatic carbocycles. The van der Waals surface area contributed by atoms with Crippen LogP contribution >= 0.6 is 0 Å². The van der Waals surface area contributed by atoms with E-state index in [0.717, 1.165) is 18.4 Å². The van der Waals surface area contributed by atoms with E-state index in [1.54, 1.807) is 0 Å². The van der Waals surface area contributed by atoms with Crippen molar-refractivity contribution < 1.29 is 0 Å². The summed E-state index contributed by atoms with van der Waals surface area (Å²) in [5, 5.41) is 0. The molecule has 2 rings (SSSR count). The third-order valence-corrected chi connectivity index (χ3v) is 5.57. The van der Waals surface area contributed by atoms with Gasteiger partial charge in [0.1, 0.15) is 0 Å². The van der Waals surface area contributed by atoms with Crippen LogP contribution < -0.4 is 5.73 Å². The second-order valence-electron chi connectivity index (χ2n) is 6.83. The van der Waals surface area contributed by atoms with Crippen molar-refractivity contribution in [2.45, 2.75) is 70.8 Å². The van der Waals surface area contributed by atoms with Gasteiger partial charge in [-0.3, -0.25) is 4.90 Å². The minimum absolute atomic E-state index is 0.365. The predicted octanol–water partition coefficient (Wildman–Crippen LogP) is 3.41. The lowest BCUT2D eigenvalue weighted by Gasteiger charge is -2.50. The normalized spacial score (nSPS) is 35.8. The van der Waals surface area contributed by atoms with Crippen LogP contribution in [0.5, 0.6) is 0 Å². The van der Waals surface area contributed by atoms with Crippen molar-refractivity contribution in [1.29, 1.82) is 0 Å². The molecule has 2 fully saturated rings. The Morgan fingerprint density at radius 3 is 2.22 bits per heavy atom. The second kappa shape index (κ2) is 6.38. The first-order chi connectivity index (χ1) is 8.70. The molecule has 0 atom stereocenters. The third-order valence-electron chi connectivity index (χ3n) is 5.57. The molecule has 2 aliphatic rings. The molecule has 0 unspecified atom stereocenters. The van der Waals surface area contributed by atoms with Gasteiger partial charge in [0.05, 0.1) is 0 Å². The van der Waals surface area contributed by atoms with Crippen molar-refractivity contribution in [2.75, 3.05) is 19.6 Å². The van der Waals surface area contributed by atoms with Crippen LogP contribution in [0.2, 0.25) is 0 Å². The SMILES string of the molecule is CCCC1CCC(CN)(N2CCC(C)CC2)CC1. The number of piperidine rings is 1.